The van der Waals surface area contributed by atoms with Gasteiger partial charge in [-0.1, -0.05) is 13.3 Å². The van der Waals surface area contributed by atoms with Gasteiger partial charge in [0.15, 0.2) is 0 Å². The number of nitrogens with zero attached hydrogens (tertiary/aromatic N) is 1. The van der Waals surface area contributed by atoms with Gasteiger partial charge >= 0.3 is 0 Å². The number of anilines is 1. The lowest BCUT2D eigenvalue weighted by Gasteiger charge is -2.33. The number of aliphatic hydroxyl groups excluding tert-OH is 1. The van der Waals surface area contributed by atoms with Crippen molar-refractivity contribution in [3.8, 4) is 5.75 Å². The molecule has 3 aliphatic rings. The van der Waals surface area contributed by atoms with Gasteiger partial charge in [-0.15, -0.1) is 0 Å². The molecule has 1 aromatic carbocycles. The number of likely N-dealkylation sites (tertiary alicyclic amines) is 1. The van der Waals surface area contributed by atoms with E-state index in [1.165, 1.54) is 4.90 Å². The molecule has 5 atom stereocenters. The zero-order valence-electron chi connectivity index (χ0n) is 19.9. The average Bonchev–Trinajstić information content (AvgIpc) is 3.46. The van der Waals surface area contributed by atoms with Crippen LogP contribution in [0.4, 0.5) is 5.69 Å². The van der Waals surface area contributed by atoms with E-state index >= 15 is 0 Å². The molecule has 3 saturated heterocycles. The standard InChI is InChI=1S/C25H35N3O6/c1-3-5-13-26-23(31)21-25-12-11-18(34-25)19(20(25)24(32)28(21)14-6-15-29)22(30)27-16-7-9-17(10-8-16)33-4-2/h7-10,18-21,29H,3-6,11-15H2,1-2H3,(H,26,31)(H,27,30)/t18-,19+,20-,21?,25?/m0/s1. The fourth-order valence-electron chi connectivity index (χ4n) is 5.75. The molecule has 9 nitrogen and oxygen atoms in total. The summed E-state index contributed by atoms with van der Waals surface area (Å²) in [7, 11) is 0. The molecule has 4 rings (SSSR count). The summed E-state index contributed by atoms with van der Waals surface area (Å²) in [6, 6.07) is 6.31. The first-order chi connectivity index (χ1) is 16.5. The molecule has 0 aliphatic carbocycles. The second-order valence-electron chi connectivity index (χ2n) is 9.26. The molecule has 0 aromatic heterocycles. The van der Waals surface area contributed by atoms with Crippen molar-refractivity contribution in [3.05, 3.63) is 24.3 Å². The predicted molar refractivity (Wildman–Crippen MR) is 125 cm³/mol. The molecule has 186 valence electrons. The molecule has 0 radical (unpaired) electrons. The third-order valence-electron chi connectivity index (χ3n) is 7.17. The summed E-state index contributed by atoms with van der Waals surface area (Å²) in [5.74, 6) is -1.42. The van der Waals surface area contributed by atoms with E-state index in [0.29, 0.717) is 43.9 Å². The van der Waals surface area contributed by atoms with Crippen molar-refractivity contribution in [2.75, 3.05) is 31.6 Å². The van der Waals surface area contributed by atoms with Crippen LogP contribution in [0.2, 0.25) is 0 Å². The van der Waals surface area contributed by atoms with E-state index in [1.54, 1.807) is 24.3 Å². The number of unbranched alkanes of at least 4 members (excludes halogenated alkanes) is 1. The van der Waals surface area contributed by atoms with Crippen LogP contribution in [0.3, 0.4) is 0 Å². The molecule has 34 heavy (non-hydrogen) atoms. The third-order valence-corrected chi connectivity index (χ3v) is 7.17. The molecule has 0 saturated carbocycles. The number of hydrogen-bond acceptors (Lipinski definition) is 6. The maximum absolute atomic E-state index is 13.6. The number of amides is 3. The van der Waals surface area contributed by atoms with Gasteiger partial charge in [0.2, 0.25) is 17.7 Å². The minimum atomic E-state index is -1.01. The van der Waals surface area contributed by atoms with Gasteiger partial charge in [-0.05, 0) is 56.9 Å². The number of rotatable bonds is 11. The zero-order valence-corrected chi connectivity index (χ0v) is 19.9. The van der Waals surface area contributed by atoms with Gasteiger partial charge < -0.3 is 30.1 Å². The van der Waals surface area contributed by atoms with Crippen molar-refractivity contribution in [2.24, 2.45) is 11.8 Å². The van der Waals surface area contributed by atoms with Crippen molar-refractivity contribution in [3.63, 3.8) is 0 Å². The smallest absolute Gasteiger partial charge is 0.245 e. The van der Waals surface area contributed by atoms with Gasteiger partial charge in [-0.25, -0.2) is 0 Å². The van der Waals surface area contributed by atoms with Crippen LogP contribution in [0.5, 0.6) is 5.75 Å². The Morgan fingerprint density at radius 2 is 1.97 bits per heavy atom. The molecular weight excluding hydrogens is 438 g/mol. The number of nitrogens with one attached hydrogen (secondary N) is 2. The number of carbonyl (C=O) groups is 3. The molecule has 3 amide bonds. The van der Waals surface area contributed by atoms with Crippen LogP contribution in [-0.4, -0.2) is 71.8 Å². The first kappa shape index (κ1) is 24.5. The number of carbonyl (C=O) groups excluding carboxylic acids is 3. The number of fused-ring (bicyclic) bond motifs is 1. The Morgan fingerprint density at radius 3 is 2.65 bits per heavy atom. The van der Waals surface area contributed by atoms with Crippen molar-refractivity contribution < 1.29 is 29.0 Å². The molecule has 3 aliphatic heterocycles. The fraction of sp³-hybridized carbons (Fsp3) is 0.640. The number of hydrogen-bond donors (Lipinski definition) is 3. The highest BCUT2D eigenvalue weighted by Crippen LogP contribution is 2.58. The quantitative estimate of drug-likeness (QED) is 0.421. The van der Waals surface area contributed by atoms with Gasteiger partial charge in [-0.3, -0.25) is 14.4 Å². The van der Waals surface area contributed by atoms with Crippen LogP contribution in [0.25, 0.3) is 0 Å². The van der Waals surface area contributed by atoms with E-state index in [4.69, 9.17) is 9.47 Å². The summed E-state index contributed by atoms with van der Waals surface area (Å²) in [5.41, 5.74) is -0.393. The molecule has 9 heteroatoms. The predicted octanol–water partition coefficient (Wildman–Crippen LogP) is 1.70. The zero-order chi connectivity index (χ0) is 24.3. The molecule has 3 fully saturated rings. The highest BCUT2D eigenvalue weighted by atomic mass is 16.5. The molecule has 1 spiro atoms. The largest absolute Gasteiger partial charge is 0.494 e. The molecule has 2 unspecified atom stereocenters. The van der Waals surface area contributed by atoms with Crippen LogP contribution < -0.4 is 15.4 Å². The molecule has 1 aromatic rings. The van der Waals surface area contributed by atoms with Gasteiger partial charge in [-0.2, -0.15) is 0 Å². The fourth-order valence-corrected chi connectivity index (χ4v) is 5.75. The minimum Gasteiger partial charge on any atom is -0.494 e. The Morgan fingerprint density at radius 1 is 1.21 bits per heavy atom. The summed E-state index contributed by atoms with van der Waals surface area (Å²) in [6.07, 6.45) is 2.93. The van der Waals surface area contributed by atoms with Crippen molar-refractivity contribution >= 4 is 23.4 Å². The highest BCUT2D eigenvalue weighted by Gasteiger charge is 2.74. The van der Waals surface area contributed by atoms with Crippen LogP contribution in [0, 0.1) is 11.8 Å². The second kappa shape index (κ2) is 10.3. The number of benzene rings is 1. The van der Waals surface area contributed by atoms with Crippen LogP contribution in [0.15, 0.2) is 24.3 Å². The summed E-state index contributed by atoms with van der Waals surface area (Å²) >= 11 is 0. The topological polar surface area (TPSA) is 117 Å². The van der Waals surface area contributed by atoms with E-state index in [2.05, 4.69) is 10.6 Å². The SMILES string of the molecule is CCCCNC(=O)C1N(CCCO)C(=O)[C@@H]2[C@H](C(=O)Nc3ccc(OCC)cc3)[C@@H]3CCC12O3. The van der Waals surface area contributed by atoms with Gasteiger partial charge in [0.05, 0.1) is 24.5 Å². The highest BCUT2D eigenvalue weighted by molar-refractivity contribution is 6.02. The Kier molecular flexibility index (Phi) is 7.42. The molecule has 2 bridgehead atoms. The Hall–Kier alpha value is -2.65. The van der Waals surface area contributed by atoms with Crippen LogP contribution in [0.1, 0.15) is 46.0 Å². The van der Waals surface area contributed by atoms with Crippen molar-refractivity contribution in [1.82, 2.24) is 10.2 Å². The maximum Gasteiger partial charge on any atom is 0.245 e. The van der Waals surface area contributed by atoms with Crippen molar-refractivity contribution in [2.45, 2.75) is 63.7 Å². The average molecular weight is 474 g/mol. The molecule has 3 N–H and O–H groups in total. The van der Waals surface area contributed by atoms with E-state index in [0.717, 1.165) is 12.8 Å². The van der Waals surface area contributed by atoms with Crippen LogP contribution >= 0.6 is 0 Å². The monoisotopic (exact) mass is 473 g/mol. The van der Waals surface area contributed by atoms with E-state index in [9.17, 15) is 19.5 Å². The number of aliphatic hydroxyl groups is 1. The van der Waals surface area contributed by atoms with Gasteiger partial charge in [0.25, 0.3) is 0 Å². The van der Waals surface area contributed by atoms with E-state index in [-0.39, 0.29) is 30.9 Å². The van der Waals surface area contributed by atoms with Gasteiger partial charge in [0, 0.05) is 25.4 Å². The molecule has 3 heterocycles. The van der Waals surface area contributed by atoms with Crippen molar-refractivity contribution in [1.29, 1.82) is 0 Å². The number of ether oxygens (including phenoxy) is 2. The van der Waals surface area contributed by atoms with E-state index < -0.39 is 29.6 Å². The van der Waals surface area contributed by atoms with E-state index in [1.807, 2.05) is 13.8 Å². The lowest BCUT2D eigenvalue weighted by molar-refractivity contribution is -0.141. The van der Waals surface area contributed by atoms with Gasteiger partial charge in [0.1, 0.15) is 17.4 Å². The second-order valence-corrected chi connectivity index (χ2v) is 9.26. The molecular formula is C25H35N3O6. The Balaban J connectivity index is 1.56. The summed E-state index contributed by atoms with van der Waals surface area (Å²) in [4.78, 5) is 41.8. The summed E-state index contributed by atoms with van der Waals surface area (Å²) < 4.78 is 11.8. The first-order valence-electron chi connectivity index (χ1n) is 12.4. The van der Waals surface area contributed by atoms with Crippen LogP contribution in [-0.2, 0) is 19.1 Å². The summed E-state index contributed by atoms with van der Waals surface area (Å²) in [5, 5.41) is 15.2. The lowest BCUT2D eigenvalue weighted by atomic mass is 9.70. The normalized spacial score (nSPS) is 29.3. The Bertz CT molecular complexity index is 906. The third kappa shape index (κ3) is 4.27. The lowest BCUT2D eigenvalue weighted by Crippen LogP contribution is -2.55. The maximum atomic E-state index is 13.6. The Labute approximate surface area is 200 Å². The summed E-state index contributed by atoms with van der Waals surface area (Å²) in [6.45, 7) is 5.19. The first-order valence-corrected chi connectivity index (χ1v) is 12.4. The minimum absolute atomic E-state index is 0.0865.